The van der Waals surface area contributed by atoms with E-state index in [1.54, 1.807) is 4.90 Å². The lowest BCUT2D eigenvalue weighted by Gasteiger charge is -2.26. The molecule has 2 aliphatic rings. The highest BCUT2D eigenvalue weighted by atomic mass is 79.9. The van der Waals surface area contributed by atoms with Crippen molar-refractivity contribution < 1.29 is 9.90 Å². The molecule has 2 fully saturated rings. The molecule has 1 saturated heterocycles. The van der Waals surface area contributed by atoms with Crippen molar-refractivity contribution in [1.29, 1.82) is 0 Å². The lowest BCUT2D eigenvalue weighted by molar-refractivity contribution is -0.121. The molecular weight excluding hydrogens is 306 g/mol. The molecule has 0 aromatic heterocycles. The Morgan fingerprint density at radius 2 is 2.05 bits per heavy atom. The molecule has 4 heteroatoms. The third kappa shape index (κ3) is 2.01. The van der Waals surface area contributed by atoms with Crippen LogP contribution in [0.15, 0.2) is 22.7 Å². The lowest BCUT2D eigenvalue weighted by atomic mass is 9.81. The molecule has 3 rings (SSSR count). The normalized spacial score (nSPS) is 30.6. The van der Waals surface area contributed by atoms with Gasteiger partial charge in [0.05, 0.1) is 5.69 Å². The predicted molar refractivity (Wildman–Crippen MR) is 77.8 cm³/mol. The summed E-state index contributed by atoms with van der Waals surface area (Å²) < 4.78 is 0.972. The minimum Gasteiger partial charge on any atom is -0.373 e. The topological polar surface area (TPSA) is 40.5 Å². The van der Waals surface area contributed by atoms with Crippen molar-refractivity contribution in [3.05, 3.63) is 28.2 Å². The van der Waals surface area contributed by atoms with Gasteiger partial charge in [0.2, 0.25) is 5.91 Å². The van der Waals surface area contributed by atoms with E-state index < -0.39 is 6.23 Å². The Morgan fingerprint density at radius 3 is 2.79 bits per heavy atom. The van der Waals surface area contributed by atoms with Gasteiger partial charge in [-0.3, -0.25) is 9.69 Å². The quantitative estimate of drug-likeness (QED) is 0.862. The third-order valence-corrected chi connectivity index (χ3v) is 5.38. The fourth-order valence-electron chi connectivity index (χ4n) is 3.44. The molecule has 102 valence electrons. The van der Waals surface area contributed by atoms with E-state index in [-0.39, 0.29) is 17.7 Å². The Hall–Kier alpha value is -0.870. The molecule has 1 amide bonds. The number of hydrogen-bond acceptors (Lipinski definition) is 2. The van der Waals surface area contributed by atoms with Crippen LogP contribution in [0.25, 0.3) is 0 Å². The van der Waals surface area contributed by atoms with Gasteiger partial charge >= 0.3 is 0 Å². The van der Waals surface area contributed by atoms with Crippen LogP contribution < -0.4 is 4.90 Å². The average Bonchev–Trinajstić information content (AvgIpc) is 2.67. The summed E-state index contributed by atoms with van der Waals surface area (Å²) in [5, 5.41) is 10.5. The van der Waals surface area contributed by atoms with Crippen LogP contribution in [-0.2, 0) is 4.79 Å². The van der Waals surface area contributed by atoms with Crippen LogP contribution in [0.2, 0.25) is 0 Å². The first-order valence-corrected chi connectivity index (χ1v) is 7.67. The van der Waals surface area contributed by atoms with Crippen LogP contribution in [0.4, 0.5) is 5.69 Å². The molecule has 3 atom stereocenters. The summed E-state index contributed by atoms with van der Waals surface area (Å²) in [6, 6.07) is 5.78. The van der Waals surface area contributed by atoms with Gasteiger partial charge in [0.25, 0.3) is 0 Å². The van der Waals surface area contributed by atoms with Crippen molar-refractivity contribution in [2.24, 2.45) is 11.8 Å². The number of hydrogen-bond donors (Lipinski definition) is 1. The molecule has 1 N–H and O–H groups in total. The van der Waals surface area contributed by atoms with Crippen LogP contribution >= 0.6 is 15.9 Å². The van der Waals surface area contributed by atoms with Gasteiger partial charge in [0, 0.05) is 16.3 Å². The number of aliphatic hydroxyl groups excluding tert-OH is 1. The van der Waals surface area contributed by atoms with Gasteiger partial charge in [-0.1, -0.05) is 34.8 Å². The van der Waals surface area contributed by atoms with Crippen LogP contribution in [0.3, 0.4) is 0 Å². The number of fused-ring (bicyclic) bond motifs is 1. The van der Waals surface area contributed by atoms with Crippen LogP contribution in [0.5, 0.6) is 0 Å². The minimum absolute atomic E-state index is 0.0159. The first-order valence-electron chi connectivity index (χ1n) is 6.87. The molecule has 1 saturated carbocycles. The zero-order valence-corrected chi connectivity index (χ0v) is 12.6. The number of anilines is 1. The molecular formula is C15H18BrNO2. The van der Waals surface area contributed by atoms with E-state index in [1.165, 1.54) is 0 Å². The van der Waals surface area contributed by atoms with Crippen LogP contribution in [0, 0.1) is 18.8 Å². The smallest absolute Gasteiger partial charge is 0.232 e. The molecule has 1 aliphatic heterocycles. The van der Waals surface area contributed by atoms with E-state index in [2.05, 4.69) is 15.9 Å². The summed E-state index contributed by atoms with van der Waals surface area (Å²) in [5.41, 5.74) is 1.84. The Morgan fingerprint density at radius 1 is 1.32 bits per heavy atom. The van der Waals surface area contributed by atoms with Crippen LogP contribution in [0.1, 0.15) is 31.2 Å². The van der Waals surface area contributed by atoms with Crippen molar-refractivity contribution in [3.63, 3.8) is 0 Å². The molecule has 19 heavy (non-hydrogen) atoms. The molecule has 0 radical (unpaired) electrons. The number of halogens is 1. The van der Waals surface area contributed by atoms with E-state index in [1.807, 2.05) is 25.1 Å². The van der Waals surface area contributed by atoms with E-state index in [4.69, 9.17) is 0 Å². The zero-order chi connectivity index (χ0) is 13.6. The summed E-state index contributed by atoms with van der Waals surface area (Å²) in [5.74, 6) is 0.222. The number of rotatable bonds is 1. The second-order valence-electron chi connectivity index (χ2n) is 5.56. The Labute approximate surface area is 121 Å². The van der Waals surface area contributed by atoms with Crippen molar-refractivity contribution in [1.82, 2.24) is 0 Å². The summed E-state index contributed by atoms with van der Waals surface area (Å²) in [6.07, 6.45) is 3.44. The van der Waals surface area contributed by atoms with Gasteiger partial charge in [0.15, 0.2) is 0 Å². The molecule has 0 spiro atoms. The summed E-state index contributed by atoms with van der Waals surface area (Å²) in [7, 11) is 0. The van der Waals surface area contributed by atoms with E-state index in [0.717, 1.165) is 41.4 Å². The van der Waals surface area contributed by atoms with Crippen molar-refractivity contribution in [2.75, 3.05) is 4.90 Å². The zero-order valence-electron chi connectivity index (χ0n) is 11.0. The predicted octanol–water partition coefficient (Wildman–Crippen LogP) is 3.23. The highest BCUT2D eigenvalue weighted by Gasteiger charge is 2.48. The number of carbonyl (C=O) groups excluding carboxylic acids is 1. The first-order chi connectivity index (χ1) is 9.11. The van der Waals surface area contributed by atoms with Gasteiger partial charge in [0.1, 0.15) is 6.23 Å². The van der Waals surface area contributed by atoms with Crippen LogP contribution in [-0.4, -0.2) is 17.2 Å². The van der Waals surface area contributed by atoms with Gasteiger partial charge in [-0.15, -0.1) is 0 Å². The average molecular weight is 324 g/mol. The van der Waals surface area contributed by atoms with Crippen molar-refractivity contribution in [3.8, 4) is 0 Å². The number of amides is 1. The number of nitrogens with zero attached hydrogens (tertiary/aromatic N) is 1. The van der Waals surface area contributed by atoms with Gasteiger partial charge in [-0.2, -0.15) is 0 Å². The Kier molecular flexibility index (Phi) is 3.39. The maximum Gasteiger partial charge on any atom is 0.232 e. The maximum atomic E-state index is 12.6. The fourth-order valence-corrected chi connectivity index (χ4v) is 3.80. The van der Waals surface area contributed by atoms with Gasteiger partial charge < -0.3 is 5.11 Å². The van der Waals surface area contributed by atoms with E-state index >= 15 is 0 Å². The minimum atomic E-state index is -0.661. The number of benzene rings is 1. The molecule has 0 bridgehead atoms. The maximum absolute atomic E-state index is 12.6. The highest BCUT2D eigenvalue weighted by Crippen LogP contribution is 2.43. The molecule has 3 nitrogen and oxygen atoms in total. The SMILES string of the molecule is Cc1c(Br)cccc1N1C(=O)C2CCCCC2C1O. The largest absolute Gasteiger partial charge is 0.373 e. The summed E-state index contributed by atoms with van der Waals surface area (Å²) in [4.78, 5) is 14.2. The monoisotopic (exact) mass is 323 g/mol. The summed E-state index contributed by atoms with van der Waals surface area (Å²) >= 11 is 3.49. The third-order valence-electron chi connectivity index (χ3n) is 4.52. The molecule has 1 aromatic carbocycles. The molecule has 1 aromatic rings. The Balaban J connectivity index is 2.00. The van der Waals surface area contributed by atoms with Crippen molar-refractivity contribution in [2.45, 2.75) is 38.8 Å². The molecule has 3 unspecified atom stereocenters. The van der Waals surface area contributed by atoms with Gasteiger partial charge in [-0.05, 0) is 37.5 Å². The second-order valence-corrected chi connectivity index (χ2v) is 6.41. The lowest BCUT2D eigenvalue weighted by Crippen LogP contribution is -2.35. The molecule has 1 heterocycles. The standard InChI is InChI=1S/C15H18BrNO2/c1-9-12(16)7-4-8-13(9)17-14(18)10-5-2-3-6-11(10)15(17)19/h4,7-8,10-11,14,18H,2-3,5-6H2,1H3. The van der Waals surface area contributed by atoms with Crippen molar-refractivity contribution >= 4 is 27.5 Å². The first kappa shape index (κ1) is 13.1. The van der Waals surface area contributed by atoms with E-state index in [9.17, 15) is 9.90 Å². The van der Waals surface area contributed by atoms with E-state index in [0.29, 0.717) is 0 Å². The fraction of sp³-hybridized carbons (Fsp3) is 0.533. The second kappa shape index (κ2) is 4.91. The summed E-state index contributed by atoms with van der Waals surface area (Å²) in [6.45, 7) is 1.97. The highest BCUT2D eigenvalue weighted by molar-refractivity contribution is 9.10. The Bertz CT molecular complexity index is 517. The number of carbonyl (C=O) groups is 1. The molecule has 1 aliphatic carbocycles. The van der Waals surface area contributed by atoms with Gasteiger partial charge in [-0.25, -0.2) is 0 Å². The number of aliphatic hydroxyl groups is 1.